The quantitative estimate of drug-likeness (QED) is 0.855. The van der Waals surface area contributed by atoms with Gasteiger partial charge in [0.2, 0.25) is 0 Å². The predicted octanol–water partition coefficient (Wildman–Crippen LogP) is 1.91. The molecule has 0 fully saturated rings. The fraction of sp³-hybridized carbons (Fsp3) is 0.0909. The van der Waals surface area contributed by atoms with Crippen LogP contribution in [0.2, 0.25) is 5.02 Å². The van der Waals surface area contributed by atoms with E-state index in [2.05, 4.69) is 10.3 Å². The second-order valence-electron chi connectivity index (χ2n) is 3.58. The van der Waals surface area contributed by atoms with Crippen molar-refractivity contribution < 1.29 is 4.79 Å². The molecule has 3 N–H and O–H groups in total. The highest BCUT2D eigenvalue weighted by atomic mass is 35.5. The molecule has 5 nitrogen and oxygen atoms in total. The highest BCUT2D eigenvalue weighted by Crippen LogP contribution is 2.20. The summed E-state index contributed by atoms with van der Waals surface area (Å²) < 4.78 is 1.65. The van der Waals surface area contributed by atoms with E-state index in [1.54, 1.807) is 36.1 Å². The zero-order valence-corrected chi connectivity index (χ0v) is 9.90. The summed E-state index contributed by atoms with van der Waals surface area (Å²) in [7, 11) is 1.75. The zero-order chi connectivity index (χ0) is 12.4. The average Bonchev–Trinajstić information content (AvgIpc) is 2.61. The molecule has 0 radical (unpaired) electrons. The Morgan fingerprint density at radius 2 is 2.35 bits per heavy atom. The van der Waals surface area contributed by atoms with Crippen LogP contribution < -0.4 is 11.1 Å². The lowest BCUT2D eigenvalue weighted by molar-refractivity contribution is 0.101. The van der Waals surface area contributed by atoms with E-state index in [0.29, 0.717) is 22.1 Å². The van der Waals surface area contributed by atoms with Gasteiger partial charge in [-0.15, -0.1) is 0 Å². The van der Waals surface area contributed by atoms with Gasteiger partial charge >= 0.3 is 0 Å². The summed E-state index contributed by atoms with van der Waals surface area (Å²) in [5, 5.41) is 3.11. The number of aryl methyl sites for hydroxylation is 1. The SMILES string of the molecule is Cn1cc(N)cc1C(=O)Nc1cnccc1Cl. The van der Waals surface area contributed by atoms with Crippen LogP contribution in [-0.2, 0) is 7.05 Å². The molecule has 17 heavy (non-hydrogen) atoms. The molecule has 0 aliphatic carbocycles. The monoisotopic (exact) mass is 250 g/mol. The number of anilines is 2. The molecular formula is C11H11ClN4O. The number of nitrogens with one attached hydrogen (secondary N) is 1. The Balaban J connectivity index is 2.23. The molecule has 0 spiro atoms. The first-order valence-electron chi connectivity index (χ1n) is 4.90. The summed E-state index contributed by atoms with van der Waals surface area (Å²) in [4.78, 5) is 15.8. The Labute approximate surface area is 103 Å². The van der Waals surface area contributed by atoms with Gasteiger partial charge < -0.3 is 15.6 Å². The number of carbonyl (C=O) groups excluding carboxylic acids is 1. The Morgan fingerprint density at radius 1 is 1.59 bits per heavy atom. The van der Waals surface area contributed by atoms with Crippen LogP contribution in [0.3, 0.4) is 0 Å². The summed E-state index contributed by atoms with van der Waals surface area (Å²) in [6.07, 6.45) is 4.71. The van der Waals surface area contributed by atoms with Gasteiger partial charge in [-0.2, -0.15) is 0 Å². The molecule has 2 aromatic rings. The van der Waals surface area contributed by atoms with Gasteiger partial charge in [0.25, 0.3) is 5.91 Å². The number of nitrogens with two attached hydrogens (primary N) is 1. The van der Waals surface area contributed by atoms with Gasteiger partial charge in [0, 0.05) is 19.4 Å². The first kappa shape index (κ1) is 11.5. The highest BCUT2D eigenvalue weighted by molar-refractivity contribution is 6.33. The van der Waals surface area contributed by atoms with Crippen molar-refractivity contribution in [3.63, 3.8) is 0 Å². The maximum Gasteiger partial charge on any atom is 0.272 e. The van der Waals surface area contributed by atoms with Gasteiger partial charge in [-0.05, 0) is 12.1 Å². The molecule has 0 aromatic carbocycles. The van der Waals surface area contributed by atoms with Crippen LogP contribution in [-0.4, -0.2) is 15.5 Å². The maximum absolute atomic E-state index is 11.9. The number of pyridine rings is 1. The number of nitrogens with zero attached hydrogens (tertiary/aromatic N) is 2. The lowest BCUT2D eigenvalue weighted by Crippen LogP contribution is -2.15. The molecule has 0 atom stereocenters. The van der Waals surface area contributed by atoms with E-state index < -0.39 is 0 Å². The van der Waals surface area contributed by atoms with Crippen molar-refractivity contribution >= 4 is 28.9 Å². The van der Waals surface area contributed by atoms with Crippen LogP contribution in [0.5, 0.6) is 0 Å². The van der Waals surface area contributed by atoms with Crippen LogP contribution in [0.4, 0.5) is 11.4 Å². The van der Waals surface area contributed by atoms with Crippen molar-refractivity contribution in [3.05, 3.63) is 41.4 Å². The van der Waals surface area contributed by atoms with Gasteiger partial charge in [-0.25, -0.2) is 0 Å². The molecule has 0 bridgehead atoms. The Hall–Kier alpha value is -2.01. The Kier molecular flexibility index (Phi) is 3.01. The van der Waals surface area contributed by atoms with Crippen molar-refractivity contribution in [2.75, 3.05) is 11.1 Å². The molecule has 88 valence electrons. The summed E-state index contributed by atoms with van der Waals surface area (Å²) >= 11 is 5.91. The van der Waals surface area contributed by atoms with Crippen LogP contribution in [0, 0.1) is 0 Å². The number of rotatable bonds is 2. The molecule has 0 aliphatic heterocycles. The minimum atomic E-state index is -0.279. The molecule has 0 saturated carbocycles. The number of hydrogen-bond donors (Lipinski definition) is 2. The first-order valence-corrected chi connectivity index (χ1v) is 5.28. The standard InChI is InChI=1S/C11H11ClN4O/c1-16-6-7(13)4-10(16)11(17)15-9-5-14-3-2-8(9)12/h2-6H,13H2,1H3,(H,15,17). The Morgan fingerprint density at radius 3 is 2.94 bits per heavy atom. The van der Waals surface area contributed by atoms with Crippen molar-refractivity contribution in [2.24, 2.45) is 7.05 Å². The topological polar surface area (TPSA) is 72.9 Å². The van der Waals surface area contributed by atoms with E-state index >= 15 is 0 Å². The second kappa shape index (κ2) is 4.47. The minimum Gasteiger partial charge on any atom is -0.397 e. The molecule has 2 aromatic heterocycles. The number of amides is 1. The molecule has 0 aliphatic rings. The number of aromatic nitrogens is 2. The van der Waals surface area contributed by atoms with E-state index in [1.165, 1.54) is 6.20 Å². The van der Waals surface area contributed by atoms with Crippen LogP contribution in [0.1, 0.15) is 10.5 Å². The average molecular weight is 251 g/mol. The number of hydrogen-bond acceptors (Lipinski definition) is 3. The highest BCUT2D eigenvalue weighted by Gasteiger charge is 2.12. The van der Waals surface area contributed by atoms with E-state index in [4.69, 9.17) is 17.3 Å². The first-order chi connectivity index (χ1) is 8.08. The fourth-order valence-corrected chi connectivity index (χ4v) is 1.62. The fourth-order valence-electron chi connectivity index (χ4n) is 1.47. The van der Waals surface area contributed by atoms with Crippen molar-refractivity contribution in [2.45, 2.75) is 0 Å². The summed E-state index contributed by atoms with van der Waals surface area (Å²) in [5.74, 6) is -0.279. The van der Waals surface area contributed by atoms with E-state index in [1.807, 2.05) is 0 Å². The van der Waals surface area contributed by atoms with Crippen LogP contribution >= 0.6 is 11.6 Å². The smallest absolute Gasteiger partial charge is 0.272 e. The molecule has 2 rings (SSSR count). The van der Waals surface area contributed by atoms with Crippen molar-refractivity contribution in [1.82, 2.24) is 9.55 Å². The maximum atomic E-state index is 11.9. The van der Waals surface area contributed by atoms with Gasteiger partial charge in [-0.3, -0.25) is 9.78 Å². The third-order valence-corrected chi connectivity index (χ3v) is 2.60. The molecule has 1 amide bonds. The van der Waals surface area contributed by atoms with Crippen LogP contribution in [0.15, 0.2) is 30.7 Å². The second-order valence-corrected chi connectivity index (χ2v) is 3.99. The normalized spacial score (nSPS) is 10.2. The Bertz CT molecular complexity index is 564. The summed E-state index contributed by atoms with van der Waals surface area (Å²) in [6.45, 7) is 0. The predicted molar refractivity (Wildman–Crippen MR) is 67.0 cm³/mol. The number of carbonyl (C=O) groups is 1. The van der Waals surface area contributed by atoms with Gasteiger partial charge in [0.15, 0.2) is 0 Å². The largest absolute Gasteiger partial charge is 0.397 e. The third kappa shape index (κ3) is 2.39. The molecule has 0 unspecified atom stereocenters. The number of halogens is 1. The van der Waals surface area contributed by atoms with E-state index in [9.17, 15) is 4.79 Å². The van der Waals surface area contributed by atoms with E-state index in [0.717, 1.165) is 0 Å². The summed E-state index contributed by atoms with van der Waals surface area (Å²) in [6, 6.07) is 3.20. The lowest BCUT2D eigenvalue weighted by atomic mass is 10.3. The van der Waals surface area contributed by atoms with E-state index in [-0.39, 0.29) is 5.91 Å². The van der Waals surface area contributed by atoms with Crippen molar-refractivity contribution in [3.8, 4) is 0 Å². The van der Waals surface area contributed by atoms with Crippen molar-refractivity contribution in [1.29, 1.82) is 0 Å². The number of nitrogen functional groups attached to an aromatic ring is 1. The zero-order valence-electron chi connectivity index (χ0n) is 9.14. The molecule has 2 heterocycles. The van der Waals surface area contributed by atoms with Gasteiger partial charge in [0.05, 0.1) is 22.6 Å². The summed E-state index contributed by atoms with van der Waals surface area (Å²) in [5.41, 5.74) is 7.07. The molecule has 6 heteroatoms. The minimum absolute atomic E-state index is 0.279. The van der Waals surface area contributed by atoms with Crippen LogP contribution in [0.25, 0.3) is 0 Å². The van der Waals surface area contributed by atoms with Gasteiger partial charge in [-0.1, -0.05) is 11.6 Å². The lowest BCUT2D eigenvalue weighted by Gasteiger charge is -2.06. The molecule has 0 saturated heterocycles. The van der Waals surface area contributed by atoms with Gasteiger partial charge in [0.1, 0.15) is 5.69 Å². The molecular weight excluding hydrogens is 240 g/mol. The third-order valence-electron chi connectivity index (χ3n) is 2.27.